The zero-order valence-electron chi connectivity index (χ0n) is 10.3. The number of nitrogens with zero attached hydrogens (tertiary/aromatic N) is 1. The van der Waals surface area contributed by atoms with Crippen LogP contribution in [0.3, 0.4) is 0 Å². The van der Waals surface area contributed by atoms with Gasteiger partial charge in [-0.15, -0.1) is 0 Å². The fourth-order valence-corrected chi connectivity index (χ4v) is 2.83. The molecular weight excluding hydrogens is 277 g/mol. The number of halogens is 1. The molecule has 0 aliphatic rings. The van der Waals surface area contributed by atoms with Crippen LogP contribution in [0, 0.1) is 5.82 Å². The zero-order chi connectivity index (χ0) is 14.1. The average molecular weight is 287 g/mol. The van der Waals surface area contributed by atoms with Crippen LogP contribution in [0.15, 0.2) is 47.3 Å². The summed E-state index contributed by atoms with van der Waals surface area (Å²) in [7, 11) is 0. The molecule has 0 aliphatic carbocycles. The molecule has 1 aromatic heterocycles. The lowest BCUT2D eigenvalue weighted by atomic mass is 10.2. The molecule has 3 nitrogen and oxygen atoms in total. The Morgan fingerprint density at radius 2 is 2.05 bits per heavy atom. The van der Waals surface area contributed by atoms with Crippen molar-refractivity contribution in [2.45, 2.75) is 0 Å². The topological polar surface area (TPSA) is 42.2 Å². The number of thiazole rings is 1. The Morgan fingerprint density at radius 3 is 2.85 bits per heavy atom. The molecule has 0 bridgehead atoms. The van der Waals surface area contributed by atoms with Crippen LogP contribution in [0.1, 0.15) is 5.56 Å². The minimum Gasteiger partial charge on any atom is -0.508 e. The van der Waals surface area contributed by atoms with Crippen molar-refractivity contribution in [3.8, 4) is 5.75 Å². The van der Waals surface area contributed by atoms with Crippen LogP contribution in [-0.2, 0) is 0 Å². The summed E-state index contributed by atoms with van der Waals surface area (Å²) in [4.78, 5) is 11.8. The van der Waals surface area contributed by atoms with Crippen molar-refractivity contribution >= 4 is 33.8 Å². The van der Waals surface area contributed by atoms with E-state index < -0.39 is 0 Å². The predicted molar refractivity (Wildman–Crippen MR) is 79.4 cm³/mol. The smallest absolute Gasteiger partial charge is 0.312 e. The standard InChI is InChI=1S/C15H10FNO2S/c16-11-3-1-2-10(8-11)6-7-17-13-5-4-12(18)9-14(13)20-15(17)19/h1-9,18H/b7-6+. The largest absolute Gasteiger partial charge is 0.508 e. The van der Waals surface area contributed by atoms with E-state index in [4.69, 9.17) is 0 Å². The third-order valence-corrected chi connectivity index (χ3v) is 3.78. The molecule has 20 heavy (non-hydrogen) atoms. The van der Waals surface area contributed by atoms with Gasteiger partial charge in [0.2, 0.25) is 0 Å². The second-order valence-corrected chi connectivity index (χ2v) is 5.25. The number of rotatable bonds is 2. The van der Waals surface area contributed by atoms with Crippen molar-refractivity contribution in [1.82, 2.24) is 4.57 Å². The molecule has 0 amide bonds. The Labute approximate surface area is 117 Å². The van der Waals surface area contributed by atoms with E-state index in [2.05, 4.69) is 0 Å². The molecule has 0 unspecified atom stereocenters. The summed E-state index contributed by atoms with van der Waals surface area (Å²) in [6, 6.07) is 10.9. The SMILES string of the molecule is O=c1sc2cc(O)ccc2n1/C=C/c1cccc(F)c1. The number of hydrogen-bond donors (Lipinski definition) is 1. The first-order valence-corrected chi connectivity index (χ1v) is 6.73. The van der Waals surface area contributed by atoms with Gasteiger partial charge in [0.05, 0.1) is 10.2 Å². The maximum absolute atomic E-state index is 13.1. The third kappa shape index (κ3) is 2.35. The first-order chi connectivity index (χ1) is 9.63. The average Bonchev–Trinajstić information content (AvgIpc) is 2.71. The number of phenols is 1. The van der Waals surface area contributed by atoms with Crippen molar-refractivity contribution in [2.24, 2.45) is 0 Å². The predicted octanol–water partition coefficient (Wildman–Crippen LogP) is 3.54. The number of phenolic OH excluding ortho intramolecular Hbond substituents is 1. The molecule has 1 N–H and O–H groups in total. The molecular formula is C15H10FNO2S. The van der Waals surface area contributed by atoms with Gasteiger partial charge in [-0.1, -0.05) is 23.5 Å². The highest BCUT2D eigenvalue weighted by Crippen LogP contribution is 2.22. The van der Waals surface area contributed by atoms with Gasteiger partial charge in [0.15, 0.2) is 0 Å². The van der Waals surface area contributed by atoms with Crippen LogP contribution in [-0.4, -0.2) is 9.67 Å². The number of fused-ring (bicyclic) bond motifs is 1. The summed E-state index contributed by atoms with van der Waals surface area (Å²) in [6.45, 7) is 0. The molecule has 3 rings (SSSR count). The normalized spacial score (nSPS) is 11.4. The molecule has 0 radical (unpaired) electrons. The van der Waals surface area contributed by atoms with E-state index in [-0.39, 0.29) is 16.4 Å². The first-order valence-electron chi connectivity index (χ1n) is 5.91. The Balaban J connectivity index is 2.07. The lowest BCUT2D eigenvalue weighted by Gasteiger charge is -1.97. The Hall–Kier alpha value is -2.40. The van der Waals surface area contributed by atoms with Gasteiger partial charge < -0.3 is 5.11 Å². The lowest BCUT2D eigenvalue weighted by Crippen LogP contribution is -2.05. The van der Waals surface area contributed by atoms with Gasteiger partial charge in [0.1, 0.15) is 11.6 Å². The van der Waals surface area contributed by atoms with Crippen LogP contribution >= 0.6 is 11.3 Å². The molecule has 0 saturated heterocycles. The van der Waals surface area contributed by atoms with Gasteiger partial charge in [-0.05, 0) is 42.0 Å². The highest BCUT2D eigenvalue weighted by atomic mass is 32.1. The minimum atomic E-state index is -0.320. The summed E-state index contributed by atoms with van der Waals surface area (Å²) in [6.07, 6.45) is 3.27. The zero-order valence-corrected chi connectivity index (χ0v) is 11.1. The van der Waals surface area contributed by atoms with E-state index in [1.807, 2.05) is 0 Å². The van der Waals surface area contributed by atoms with Crippen molar-refractivity contribution in [3.63, 3.8) is 0 Å². The third-order valence-electron chi connectivity index (χ3n) is 2.86. The van der Waals surface area contributed by atoms with Gasteiger partial charge in [-0.3, -0.25) is 9.36 Å². The molecule has 0 aliphatic heterocycles. The highest BCUT2D eigenvalue weighted by molar-refractivity contribution is 7.16. The van der Waals surface area contributed by atoms with E-state index in [0.717, 1.165) is 11.3 Å². The summed E-state index contributed by atoms with van der Waals surface area (Å²) in [5.41, 5.74) is 1.39. The molecule has 0 atom stereocenters. The lowest BCUT2D eigenvalue weighted by molar-refractivity contribution is 0.476. The van der Waals surface area contributed by atoms with Crippen molar-refractivity contribution in [3.05, 3.63) is 63.5 Å². The van der Waals surface area contributed by atoms with E-state index in [9.17, 15) is 14.3 Å². The van der Waals surface area contributed by atoms with Gasteiger partial charge in [-0.2, -0.15) is 0 Å². The van der Waals surface area contributed by atoms with Crippen LogP contribution in [0.4, 0.5) is 4.39 Å². The molecule has 0 saturated carbocycles. The number of hydrogen-bond acceptors (Lipinski definition) is 3. The van der Waals surface area contributed by atoms with Crippen LogP contribution < -0.4 is 4.87 Å². The first kappa shape index (κ1) is 12.6. The number of benzene rings is 2. The summed E-state index contributed by atoms with van der Waals surface area (Å²) in [5, 5.41) is 9.40. The Morgan fingerprint density at radius 1 is 1.20 bits per heavy atom. The van der Waals surface area contributed by atoms with Crippen molar-refractivity contribution in [2.75, 3.05) is 0 Å². The Bertz CT molecular complexity index is 864. The molecule has 1 heterocycles. The highest BCUT2D eigenvalue weighted by Gasteiger charge is 2.05. The maximum Gasteiger partial charge on any atom is 0.312 e. The monoisotopic (exact) mass is 287 g/mol. The van der Waals surface area contributed by atoms with Crippen molar-refractivity contribution in [1.29, 1.82) is 0 Å². The van der Waals surface area contributed by atoms with Crippen LogP contribution in [0.5, 0.6) is 5.75 Å². The van der Waals surface area contributed by atoms with Crippen LogP contribution in [0.2, 0.25) is 0 Å². The molecule has 100 valence electrons. The molecule has 0 fully saturated rings. The summed E-state index contributed by atoms with van der Waals surface area (Å²) in [5.74, 6) is -0.195. The van der Waals surface area contributed by atoms with Gasteiger partial charge in [0, 0.05) is 6.20 Å². The van der Waals surface area contributed by atoms with Gasteiger partial charge >= 0.3 is 4.87 Å². The molecule has 3 aromatic rings. The second-order valence-electron chi connectivity index (χ2n) is 4.26. The summed E-state index contributed by atoms with van der Waals surface area (Å²) >= 11 is 1.05. The number of aromatic hydroxyl groups is 1. The quantitative estimate of drug-likeness (QED) is 0.783. The van der Waals surface area contributed by atoms with E-state index in [1.165, 1.54) is 22.8 Å². The van der Waals surface area contributed by atoms with Gasteiger partial charge in [0.25, 0.3) is 0 Å². The minimum absolute atomic E-state index is 0.125. The molecule has 5 heteroatoms. The fraction of sp³-hybridized carbons (Fsp3) is 0. The second kappa shape index (κ2) is 4.94. The van der Waals surface area contributed by atoms with E-state index in [1.54, 1.807) is 36.5 Å². The summed E-state index contributed by atoms with van der Waals surface area (Å²) < 4.78 is 15.3. The van der Waals surface area contributed by atoms with Gasteiger partial charge in [-0.25, -0.2) is 4.39 Å². The van der Waals surface area contributed by atoms with Crippen LogP contribution in [0.25, 0.3) is 22.5 Å². The molecule has 0 spiro atoms. The maximum atomic E-state index is 13.1. The molecule has 2 aromatic carbocycles. The van der Waals surface area contributed by atoms with Crippen molar-refractivity contribution < 1.29 is 9.50 Å². The van der Waals surface area contributed by atoms with E-state index in [0.29, 0.717) is 15.8 Å². The Kier molecular flexibility index (Phi) is 3.12. The fourth-order valence-electron chi connectivity index (χ4n) is 1.94. The number of aromatic nitrogens is 1. The van der Waals surface area contributed by atoms with E-state index >= 15 is 0 Å².